The summed E-state index contributed by atoms with van der Waals surface area (Å²) >= 11 is 0. The number of carbonyl (C=O) groups excluding carboxylic acids is 1. The van der Waals surface area contributed by atoms with Gasteiger partial charge in [0.2, 0.25) is 6.29 Å². The molecule has 19 nitrogen and oxygen atoms in total. The molecule has 0 aromatic heterocycles. The molecule has 24 unspecified atom stereocenters. The molecule has 8 rings (SSSR count). The summed E-state index contributed by atoms with van der Waals surface area (Å²) in [5.41, 5.74) is -1.99. The molecule has 7 fully saturated rings. The van der Waals surface area contributed by atoms with Gasteiger partial charge in [0.05, 0.1) is 32.0 Å². The molecule has 3 aliphatic heterocycles. The van der Waals surface area contributed by atoms with Gasteiger partial charge in [0.1, 0.15) is 78.7 Å². The number of hydrogen-bond acceptors (Lipinski definition) is 19. The number of hydrogen-bond donors (Lipinski definition) is 12. The zero-order valence-electron chi connectivity index (χ0n) is 39.8. The smallest absolute Gasteiger partial charge is 0.317 e. The lowest BCUT2D eigenvalue weighted by atomic mass is 9.33. The first-order valence-corrected chi connectivity index (χ1v) is 24.4. The van der Waals surface area contributed by atoms with Crippen molar-refractivity contribution >= 4 is 5.97 Å². The van der Waals surface area contributed by atoms with Gasteiger partial charge in [-0.25, -0.2) is 0 Å². The maximum absolute atomic E-state index is 14.7. The minimum Gasteiger partial charge on any atom is -0.432 e. The Kier molecular flexibility index (Phi) is 14.1. The van der Waals surface area contributed by atoms with Crippen molar-refractivity contribution < 1.29 is 94.5 Å². The van der Waals surface area contributed by atoms with Crippen LogP contribution >= 0.6 is 0 Å². The fourth-order valence-electron chi connectivity index (χ4n) is 15.1. The maximum atomic E-state index is 14.7. The second kappa shape index (κ2) is 18.2. The highest BCUT2D eigenvalue weighted by atomic mass is 16.7. The van der Waals surface area contributed by atoms with Gasteiger partial charge in [-0.1, -0.05) is 60.1 Å². The lowest BCUT2D eigenvalue weighted by Crippen LogP contribution is -2.68. The second-order valence-electron chi connectivity index (χ2n) is 23.6. The number of aliphatic hydroxyl groups excluding tert-OH is 12. The average Bonchev–Trinajstić information content (AvgIpc) is 3.27. The first-order chi connectivity index (χ1) is 31.3. The van der Waals surface area contributed by atoms with E-state index < -0.39 is 152 Å². The summed E-state index contributed by atoms with van der Waals surface area (Å²) in [5.74, 6) is -0.875. The summed E-state index contributed by atoms with van der Waals surface area (Å²) in [7, 11) is 0. The second-order valence-corrected chi connectivity index (χ2v) is 23.6. The molecule has 0 bridgehead atoms. The molecule has 24 atom stereocenters. The van der Waals surface area contributed by atoms with E-state index in [0.717, 1.165) is 31.3 Å². The SMILES string of the molecule is CC1(C)CCC2(C(=O)OC3OC(CO)C(O)C(O)C3O)C(O)CC3(C)C(=CCC4C5(C)CCC(OC6OC(CO)C(OC7OC(CO)C(O)C(O)C7O)C(O)C6O)C(C)(C)C5CCC43C)C2C1. The summed E-state index contributed by atoms with van der Waals surface area (Å²) in [4.78, 5) is 14.7. The van der Waals surface area contributed by atoms with Crippen molar-refractivity contribution in [1.82, 2.24) is 0 Å². The number of fused-ring (bicyclic) bond motifs is 7. The van der Waals surface area contributed by atoms with Crippen molar-refractivity contribution in [2.75, 3.05) is 19.8 Å². The van der Waals surface area contributed by atoms with E-state index in [4.69, 9.17) is 28.4 Å². The Morgan fingerprint density at radius 2 is 1.16 bits per heavy atom. The first-order valence-electron chi connectivity index (χ1n) is 24.4. The number of aliphatic hydroxyl groups is 12. The topological polar surface area (TPSA) is 315 Å². The standard InChI is InChI=1S/C48H78O19/c1-43(2)14-15-48(42(61)67-41-36(59)33(56)31(54)24(19-50)63-41)22(16-43)21-8-9-27-45(5)12-11-29(44(3,4)26(45)10-13-46(27,6)47(21,7)17-28(48)52)65-39-37(60)34(57)38(25(20-51)64-39)66-40-35(58)32(55)30(53)23(18-49)62-40/h8,22-41,49-60H,9-20H2,1-7H3. The molecular formula is C48H78O19. The van der Waals surface area contributed by atoms with Crippen LogP contribution in [0.3, 0.4) is 0 Å². The zero-order valence-corrected chi connectivity index (χ0v) is 39.8. The van der Waals surface area contributed by atoms with Gasteiger partial charge in [0.15, 0.2) is 12.6 Å². The molecule has 0 radical (unpaired) electrons. The van der Waals surface area contributed by atoms with Crippen LogP contribution in [0.25, 0.3) is 0 Å². The van der Waals surface area contributed by atoms with Gasteiger partial charge in [0.25, 0.3) is 0 Å². The van der Waals surface area contributed by atoms with Gasteiger partial charge in [-0.05, 0) is 103 Å². The normalized spacial score (nSPS) is 53.8. The molecule has 0 aromatic carbocycles. The van der Waals surface area contributed by atoms with Gasteiger partial charge in [0, 0.05) is 0 Å². The van der Waals surface area contributed by atoms with E-state index in [0.29, 0.717) is 25.7 Å². The van der Waals surface area contributed by atoms with Crippen molar-refractivity contribution in [3.63, 3.8) is 0 Å². The summed E-state index contributed by atoms with van der Waals surface area (Å²) < 4.78 is 35.5. The number of ether oxygens (including phenoxy) is 6. The van der Waals surface area contributed by atoms with Crippen molar-refractivity contribution in [3.8, 4) is 0 Å². The van der Waals surface area contributed by atoms with E-state index in [-0.39, 0.29) is 34.5 Å². The molecule has 3 heterocycles. The van der Waals surface area contributed by atoms with Crippen LogP contribution in [-0.2, 0) is 33.2 Å². The highest BCUT2D eigenvalue weighted by molar-refractivity contribution is 5.80. The van der Waals surface area contributed by atoms with E-state index in [1.165, 1.54) is 0 Å². The molecule has 8 aliphatic rings. The molecule has 4 saturated carbocycles. The minimum absolute atomic E-state index is 0.117. The third-order valence-electron chi connectivity index (χ3n) is 19.3. The maximum Gasteiger partial charge on any atom is 0.317 e. The Hall–Kier alpha value is -1.47. The Morgan fingerprint density at radius 3 is 1.78 bits per heavy atom. The first kappa shape index (κ1) is 51.9. The van der Waals surface area contributed by atoms with Gasteiger partial charge in [-0.15, -0.1) is 0 Å². The summed E-state index contributed by atoms with van der Waals surface area (Å²) in [6.45, 7) is 13.5. The minimum atomic E-state index is -1.79. The lowest BCUT2D eigenvalue weighted by molar-refractivity contribution is -0.368. The Balaban J connectivity index is 1.01. The highest BCUT2D eigenvalue weighted by Gasteiger charge is 2.72. The van der Waals surface area contributed by atoms with Crippen molar-refractivity contribution in [2.45, 2.75) is 211 Å². The van der Waals surface area contributed by atoms with E-state index in [1.807, 2.05) is 0 Å². The predicted octanol–water partition coefficient (Wildman–Crippen LogP) is -0.889. The van der Waals surface area contributed by atoms with E-state index >= 15 is 0 Å². The van der Waals surface area contributed by atoms with Gasteiger partial charge < -0.3 is 89.7 Å². The predicted molar refractivity (Wildman–Crippen MR) is 232 cm³/mol. The monoisotopic (exact) mass is 959 g/mol. The molecule has 19 heteroatoms. The number of rotatable bonds is 9. The molecule has 12 N–H and O–H groups in total. The number of allylic oxidation sites excluding steroid dienone is 2. The van der Waals surface area contributed by atoms with Crippen molar-refractivity contribution in [3.05, 3.63) is 11.6 Å². The fraction of sp³-hybridized carbons (Fsp3) is 0.938. The molecule has 0 aromatic rings. The quantitative estimate of drug-likeness (QED) is 0.0758. The third kappa shape index (κ3) is 8.01. The summed E-state index contributed by atoms with van der Waals surface area (Å²) in [6, 6.07) is 0. The zero-order chi connectivity index (χ0) is 49.1. The molecule has 5 aliphatic carbocycles. The van der Waals surface area contributed by atoms with Crippen LogP contribution in [0.2, 0.25) is 0 Å². The molecular weight excluding hydrogens is 881 g/mol. The van der Waals surface area contributed by atoms with Gasteiger partial charge >= 0.3 is 5.97 Å². The highest BCUT2D eigenvalue weighted by Crippen LogP contribution is 2.76. The Bertz CT molecular complexity index is 1830. The van der Waals surface area contributed by atoms with Gasteiger partial charge in [-0.3, -0.25) is 4.79 Å². The van der Waals surface area contributed by atoms with Crippen LogP contribution in [0, 0.1) is 50.2 Å². The Labute approximate surface area is 392 Å². The lowest BCUT2D eigenvalue weighted by Gasteiger charge is -2.71. The van der Waals surface area contributed by atoms with Gasteiger partial charge in [-0.2, -0.15) is 0 Å². The van der Waals surface area contributed by atoms with E-state index in [1.54, 1.807) is 0 Å². The molecule has 67 heavy (non-hydrogen) atoms. The van der Waals surface area contributed by atoms with E-state index in [2.05, 4.69) is 54.5 Å². The van der Waals surface area contributed by atoms with Crippen LogP contribution in [0.1, 0.15) is 106 Å². The van der Waals surface area contributed by atoms with Crippen molar-refractivity contribution in [1.29, 1.82) is 0 Å². The number of esters is 1. The molecule has 0 spiro atoms. The number of carbonyl (C=O) groups is 1. The largest absolute Gasteiger partial charge is 0.432 e. The van der Waals surface area contributed by atoms with E-state index in [9.17, 15) is 66.1 Å². The summed E-state index contributed by atoms with van der Waals surface area (Å²) in [5, 5.41) is 128. The molecule has 0 amide bonds. The molecule has 3 saturated heterocycles. The third-order valence-corrected chi connectivity index (χ3v) is 19.3. The van der Waals surface area contributed by atoms with Crippen LogP contribution in [0.5, 0.6) is 0 Å². The van der Waals surface area contributed by atoms with Crippen LogP contribution < -0.4 is 0 Å². The van der Waals surface area contributed by atoms with Crippen LogP contribution in [0.4, 0.5) is 0 Å². The van der Waals surface area contributed by atoms with Crippen molar-refractivity contribution in [2.24, 2.45) is 50.2 Å². The average molecular weight is 959 g/mol. The summed E-state index contributed by atoms with van der Waals surface area (Å²) in [6.07, 6.45) is -17.4. The Morgan fingerprint density at radius 1 is 0.612 bits per heavy atom. The van der Waals surface area contributed by atoms with Crippen LogP contribution in [0.15, 0.2) is 11.6 Å². The fourth-order valence-corrected chi connectivity index (χ4v) is 15.1. The molecule has 384 valence electrons. The van der Waals surface area contributed by atoms with Crippen LogP contribution in [-0.4, -0.2) is 191 Å².